The summed E-state index contributed by atoms with van der Waals surface area (Å²) >= 11 is 0. The Kier molecular flexibility index (Phi) is 11.4. The zero-order chi connectivity index (χ0) is 35.0. The van der Waals surface area contributed by atoms with Crippen LogP contribution in [0.3, 0.4) is 0 Å². The molecule has 260 valence electrons. The summed E-state index contributed by atoms with van der Waals surface area (Å²) in [6, 6.07) is 16.5. The van der Waals surface area contributed by atoms with E-state index in [0.717, 1.165) is 0 Å². The van der Waals surface area contributed by atoms with Gasteiger partial charge in [-0.15, -0.1) is 0 Å². The van der Waals surface area contributed by atoms with Crippen LogP contribution in [-0.2, 0) is 25.4 Å². The first-order valence-electron chi connectivity index (χ1n) is 16.5. The molecule has 2 aliphatic rings. The summed E-state index contributed by atoms with van der Waals surface area (Å²) in [5, 5.41) is 2.90. The summed E-state index contributed by atoms with van der Waals surface area (Å²) in [5.74, 6) is -0.825. The van der Waals surface area contributed by atoms with Gasteiger partial charge in [0.15, 0.2) is 5.82 Å². The van der Waals surface area contributed by atoms with Crippen LogP contribution in [-0.4, -0.2) is 107 Å². The molecule has 0 saturated carbocycles. The minimum atomic E-state index is -0.989. The molecular formula is C36H43N5O8. The molecule has 1 aromatic heterocycles. The van der Waals surface area contributed by atoms with Crippen molar-refractivity contribution in [1.29, 1.82) is 0 Å². The number of hydrogen-bond acceptors (Lipinski definition) is 10. The van der Waals surface area contributed by atoms with Crippen LogP contribution in [0.1, 0.15) is 60.5 Å². The topological polar surface area (TPSA) is 149 Å². The van der Waals surface area contributed by atoms with E-state index in [0.29, 0.717) is 55.2 Å². The van der Waals surface area contributed by atoms with E-state index in [4.69, 9.17) is 18.9 Å². The summed E-state index contributed by atoms with van der Waals surface area (Å²) in [6.07, 6.45) is 0.195. The van der Waals surface area contributed by atoms with E-state index < -0.39 is 29.6 Å². The van der Waals surface area contributed by atoms with E-state index >= 15 is 0 Å². The van der Waals surface area contributed by atoms with Crippen molar-refractivity contribution < 1.29 is 38.1 Å². The highest BCUT2D eigenvalue weighted by Crippen LogP contribution is 2.22. The van der Waals surface area contributed by atoms with Crippen molar-refractivity contribution in [2.24, 2.45) is 0 Å². The molecule has 49 heavy (non-hydrogen) atoms. The van der Waals surface area contributed by atoms with Crippen LogP contribution in [0.5, 0.6) is 5.88 Å². The van der Waals surface area contributed by atoms with Gasteiger partial charge in [-0.1, -0.05) is 42.5 Å². The van der Waals surface area contributed by atoms with Crippen LogP contribution in [0, 0.1) is 0 Å². The number of carbonyl (C=O) groups excluding carboxylic acids is 4. The Morgan fingerprint density at radius 2 is 1.65 bits per heavy atom. The molecule has 13 heteroatoms. The number of nitrogens with zero attached hydrogens (tertiary/aromatic N) is 4. The molecule has 0 aliphatic carbocycles. The molecule has 2 fully saturated rings. The molecule has 2 saturated heterocycles. The predicted molar refractivity (Wildman–Crippen MR) is 179 cm³/mol. The SMILES string of the molecule is CCOC(=O)N1CCN(C(=O)[C@H](Cc2ccc(C(=O)OC(C)(C)C)cc2)NC(=O)c2cc(OC3CCOC3)nc(-c3ccccc3)n2)CC1. The zero-order valence-electron chi connectivity index (χ0n) is 28.3. The maximum atomic E-state index is 14.0. The summed E-state index contributed by atoms with van der Waals surface area (Å²) < 4.78 is 22.1. The highest BCUT2D eigenvalue weighted by molar-refractivity contribution is 5.97. The first-order valence-corrected chi connectivity index (χ1v) is 16.5. The highest BCUT2D eigenvalue weighted by atomic mass is 16.6. The summed E-state index contributed by atoms with van der Waals surface area (Å²) in [5.41, 5.74) is 1.17. The van der Waals surface area contributed by atoms with Gasteiger partial charge in [0.05, 0.1) is 25.4 Å². The van der Waals surface area contributed by atoms with Crippen LogP contribution in [0.25, 0.3) is 11.4 Å². The third-order valence-electron chi connectivity index (χ3n) is 7.89. The molecule has 13 nitrogen and oxygen atoms in total. The van der Waals surface area contributed by atoms with Gasteiger partial charge in [0.2, 0.25) is 11.8 Å². The second-order valence-corrected chi connectivity index (χ2v) is 12.8. The monoisotopic (exact) mass is 673 g/mol. The number of nitrogens with one attached hydrogen (secondary N) is 1. The molecule has 2 aromatic carbocycles. The third kappa shape index (κ3) is 9.75. The highest BCUT2D eigenvalue weighted by Gasteiger charge is 2.32. The number of ether oxygens (including phenoxy) is 4. The van der Waals surface area contributed by atoms with Crippen molar-refractivity contribution in [3.63, 3.8) is 0 Å². The molecule has 2 aliphatic heterocycles. The molecule has 3 amide bonds. The first-order chi connectivity index (χ1) is 23.5. The Morgan fingerprint density at radius 1 is 0.959 bits per heavy atom. The standard InChI is InChI=1S/C36H43N5O8/c1-5-47-35(45)41-18-16-40(17-19-41)33(43)29(21-24-11-13-26(14-12-24)34(44)49-36(2,3)4)38-32(42)28-22-30(48-27-15-20-46-23-27)39-31(37-28)25-9-7-6-8-10-25/h6-14,22,27,29H,5,15-21,23H2,1-4H3,(H,38,42)/t27?,29-/m0/s1. The number of amides is 3. The Labute approximate surface area is 285 Å². The lowest BCUT2D eigenvalue weighted by atomic mass is 10.0. The quantitative estimate of drug-likeness (QED) is 0.314. The van der Waals surface area contributed by atoms with Gasteiger partial charge < -0.3 is 34.1 Å². The van der Waals surface area contributed by atoms with Crippen molar-refractivity contribution in [3.05, 3.63) is 77.5 Å². The number of hydrogen-bond donors (Lipinski definition) is 1. The average Bonchev–Trinajstić information content (AvgIpc) is 3.60. The number of benzene rings is 2. The molecule has 5 rings (SSSR count). The Morgan fingerprint density at radius 3 is 2.29 bits per heavy atom. The van der Waals surface area contributed by atoms with Gasteiger partial charge in [0.1, 0.15) is 23.4 Å². The van der Waals surface area contributed by atoms with Gasteiger partial charge in [-0.2, -0.15) is 4.98 Å². The van der Waals surface area contributed by atoms with Crippen LogP contribution >= 0.6 is 0 Å². The van der Waals surface area contributed by atoms with Crippen LogP contribution in [0.2, 0.25) is 0 Å². The van der Waals surface area contributed by atoms with E-state index in [-0.39, 0.29) is 49.7 Å². The molecule has 2 atom stereocenters. The summed E-state index contributed by atoms with van der Waals surface area (Å²) in [6.45, 7) is 9.52. The van der Waals surface area contributed by atoms with E-state index in [1.807, 2.05) is 30.3 Å². The van der Waals surface area contributed by atoms with Crippen LogP contribution in [0.4, 0.5) is 4.79 Å². The minimum absolute atomic E-state index is 0.0352. The second kappa shape index (κ2) is 15.9. The molecule has 0 spiro atoms. The van der Waals surface area contributed by atoms with Gasteiger partial charge in [-0.3, -0.25) is 9.59 Å². The van der Waals surface area contributed by atoms with E-state index in [9.17, 15) is 19.2 Å². The smallest absolute Gasteiger partial charge is 0.409 e. The normalized spacial score (nSPS) is 16.9. The van der Waals surface area contributed by atoms with Crippen molar-refractivity contribution in [2.75, 3.05) is 46.0 Å². The van der Waals surface area contributed by atoms with Crippen LogP contribution < -0.4 is 10.1 Å². The predicted octanol–water partition coefficient (Wildman–Crippen LogP) is 3.91. The summed E-state index contributed by atoms with van der Waals surface area (Å²) in [4.78, 5) is 65.1. The maximum Gasteiger partial charge on any atom is 0.409 e. The Hall–Kier alpha value is -5.04. The first kappa shape index (κ1) is 35.3. The lowest BCUT2D eigenvalue weighted by molar-refractivity contribution is -0.134. The van der Waals surface area contributed by atoms with Crippen LogP contribution in [0.15, 0.2) is 60.7 Å². The Balaban J connectivity index is 1.39. The number of piperazine rings is 1. The molecule has 3 aromatic rings. The van der Waals surface area contributed by atoms with Gasteiger partial charge in [-0.05, 0) is 45.4 Å². The molecule has 0 bridgehead atoms. The van der Waals surface area contributed by atoms with Gasteiger partial charge in [0.25, 0.3) is 5.91 Å². The lowest BCUT2D eigenvalue weighted by Crippen LogP contribution is -2.56. The largest absolute Gasteiger partial charge is 0.472 e. The maximum absolute atomic E-state index is 14.0. The number of carbonyl (C=O) groups is 4. The number of rotatable bonds is 10. The fourth-order valence-electron chi connectivity index (χ4n) is 5.42. The van der Waals surface area contributed by atoms with E-state index in [1.165, 1.54) is 6.07 Å². The molecule has 3 heterocycles. The van der Waals surface area contributed by atoms with Gasteiger partial charge in [0, 0.05) is 50.7 Å². The van der Waals surface area contributed by atoms with Crippen molar-refractivity contribution in [2.45, 2.75) is 58.3 Å². The Bertz CT molecular complexity index is 1610. The van der Waals surface area contributed by atoms with Crippen molar-refractivity contribution >= 4 is 23.9 Å². The van der Waals surface area contributed by atoms with Crippen molar-refractivity contribution in [3.8, 4) is 17.3 Å². The minimum Gasteiger partial charge on any atom is -0.472 e. The lowest BCUT2D eigenvalue weighted by Gasteiger charge is -2.36. The molecular weight excluding hydrogens is 630 g/mol. The number of esters is 1. The van der Waals surface area contributed by atoms with Gasteiger partial charge in [-0.25, -0.2) is 14.6 Å². The molecule has 1 unspecified atom stereocenters. The molecule has 1 N–H and O–H groups in total. The fourth-order valence-corrected chi connectivity index (χ4v) is 5.42. The zero-order valence-corrected chi connectivity index (χ0v) is 28.3. The van der Waals surface area contributed by atoms with E-state index in [2.05, 4.69) is 15.3 Å². The number of aromatic nitrogens is 2. The third-order valence-corrected chi connectivity index (χ3v) is 7.89. The second-order valence-electron chi connectivity index (χ2n) is 12.8. The van der Waals surface area contributed by atoms with Crippen molar-refractivity contribution in [1.82, 2.24) is 25.1 Å². The van der Waals surface area contributed by atoms with E-state index in [1.54, 1.807) is 61.8 Å². The summed E-state index contributed by atoms with van der Waals surface area (Å²) in [7, 11) is 0. The fraction of sp³-hybridized carbons (Fsp3) is 0.444. The average molecular weight is 674 g/mol. The molecule has 0 radical (unpaired) electrons. The van der Waals surface area contributed by atoms with Gasteiger partial charge >= 0.3 is 12.1 Å².